The second-order valence-electron chi connectivity index (χ2n) is 7.06. The van der Waals surface area contributed by atoms with E-state index in [4.69, 9.17) is 0 Å². The summed E-state index contributed by atoms with van der Waals surface area (Å²) in [5.74, 6) is -5.28. The van der Waals surface area contributed by atoms with Gasteiger partial charge in [0.1, 0.15) is 12.0 Å². The number of carbonyl (C=O) groups is 4. The molecule has 1 aromatic rings. The van der Waals surface area contributed by atoms with E-state index in [2.05, 4.69) is 0 Å². The summed E-state index contributed by atoms with van der Waals surface area (Å²) >= 11 is 1.35. The Morgan fingerprint density at radius 1 is 1.19 bits per heavy atom. The van der Waals surface area contributed by atoms with Crippen LogP contribution < -0.4 is 0 Å². The van der Waals surface area contributed by atoms with Gasteiger partial charge in [-0.25, -0.2) is 4.79 Å². The minimum Gasteiger partial charge on any atom is -0.480 e. The number of hydrogen-bond donors (Lipinski definition) is 2. The number of nitrogens with zero attached hydrogens (tertiary/aromatic N) is 1. The number of Topliss-reactive ketones (excluding diaryl/α,β-unsaturated/α-hetero) is 1. The van der Waals surface area contributed by atoms with Crippen LogP contribution >= 0.6 is 11.8 Å². The molecule has 26 heavy (non-hydrogen) atoms. The molecule has 0 aromatic heterocycles. The van der Waals surface area contributed by atoms with Crippen LogP contribution in [0.1, 0.15) is 31.7 Å². The van der Waals surface area contributed by atoms with Crippen LogP contribution in [0.15, 0.2) is 30.3 Å². The third kappa shape index (κ3) is 2.88. The van der Waals surface area contributed by atoms with Crippen molar-refractivity contribution in [2.75, 3.05) is 0 Å². The SMILES string of the molecule is CC1(C)S[C@@H]2[C@H](CC(=O)C(C(=O)O)c3ccccc3)C(=O)N2[C@H]1C(=O)O. The number of carboxylic acid groups (broad SMARTS) is 2. The lowest BCUT2D eigenvalue weighted by atomic mass is 9.83. The summed E-state index contributed by atoms with van der Waals surface area (Å²) < 4.78 is -0.671. The smallest absolute Gasteiger partial charge is 0.327 e. The number of ketones is 1. The van der Waals surface area contributed by atoms with Gasteiger partial charge in [-0.15, -0.1) is 11.8 Å². The molecule has 1 aromatic carbocycles. The van der Waals surface area contributed by atoms with Crippen LogP contribution in [0.5, 0.6) is 0 Å². The Morgan fingerprint density at radius 3 is 2.35 bits per heavy atom. The zero-order valence-electron chi connectivity index (χ0n) is 14.3. The Labute approximate surface area is 154 Å². The molecule has 3 rings (SSSR count). The van der Waals surface area contributed by atoms with Crippen molar-refractivity contribution in [2.24, 2.45) is 5.92 Å². The van der Waals surface area contributed by atoms with Gasteiger partial charge in [-0.05, 0) is 19.4 Å². The van der Waals surface area contributed by atoms with E-state index in [1.807, 2.05) is 0 Å². The molecule has 0 bridgehead atoms. The number of fused-ring (bicyclic) bond motifs is 1. The molecule has 8 heteroatoms. The normalized spacial score (nSPS) is 27.4. The van der Waals surface area contributed by atoms with E-state index in [0.29, 0.717) is 5.56 Å². The van der Waals surface area contributed by atoms with E-state index >= 15 is 0 Å². The van der Waals surface area contributed by atoms with E-state index < -0.39 is 51.6 Å². The first-order chi connectivity index (χ1) is 12.1. The summed E-state index contributed by atoms with van der Waals surface area (Å²) in [5.41, 5.74) is 0.372. The Bertz CT molecular complexity index is 777. The zero-order chi connectivity index (χ0) is 19.2. The highest BCUT2D eigenvalue weighted by atomic mass is 32.2. The number of carbonyl (C=O) groups excluding carboxylic acids is 2. The van der Waals surface area contributed by atoms with Crippen LogP contribution in [0.2, 0.25) is 0 Å². The first-order valence-electron chi connectivity index (χ1n) is 8.18. The summed E-state index contributed by atoms with van der Waals surface area (Å²) in [7, 11) is 0. The average Bonchev–Trinajstić information content (AvgIpc) is 2.82. The van der Waals surface area contributed by atoms with E-state index in [9.17, 15) is 29.4 Å². The van der Waals surface area contributed by atoms with Crippen molar-refractivity contribution in [3.63, 3.8) is 0 Å². The first kappa shape index (κ1) is 18.4. The molecule has 2 saturated heterocycles. The fraction of sp³-hybridized carbons (Fsp3) is 0.444. The van der Waals surface area contributed by atoms with E-state index in [1.165, 1.54) is 16.7 Å². The number of rotatable bonds is 6. The molecule has 138 valence electrons. The fourth-order valence-corrected chi connectivity index (χ4v) is 5.41. The Kier molecular flexibility index (Phi) is 4.56. The van der Waals surface area contributed by atoms with Crippen molar-refractivity contribution in [3.8, 4) is 0 Å². The Morgan fingerprint density at radius 2 is 1.81 bits per heavy atom. The highest BCUT2D eigenvalue weighted by Crippen LogP contribution is 2.54. The Hall–Kier alpha value is -2.35. The number of thioether (sulfide) groups is 1. The third-order valence-corrected chi connectivity index (χ3v) is 6.54. The van der Waals surface area contributed by atoms with Crippen LogP contribution in [0, 0.1) is 5.92 Å². The molecule has 0 spiro atoms. The molecule has 2 fully saturated rings. The minimum absolute atomic E-state index is 0.207. The number of hydrogen-bond acceptors (Lipinski definition) is 5. The molecule has 0 radical (unpaired) electrons. The predicted octanol–water partition coefficient (Wildman–Crippen LogP) is 1.58. The average molecular weight is 377 g/mol. The predicted molar refractivity (Wildman–Crippen MR) is 93.7 cm³/mol. The largest absolute Gasteiger partial charge is 0.480 e. The third-order valence-electron chi connectivity index (χ3n) is 4.91. The van der Waals surface area contributed by atoms with Crippen molar-refractivity contribution in [3.05, 3.63) is 35.9 Å². The molecule has 4 atom stereocenters. The lowest BCUT2D eigenvalue weighted by Crippen LogP contribution is -2.63. The molecule has 0 aliphatic carbocycles. The minimum atomic E-state index is -1.33. The lowest BCUT2D eigenvalue weighted by Gasteiger charge is -2.43. The second kappa shape index (κ2) is 6.42. The number of carboxylic acids is 2. The maximum absolute atomic E-state index is 12.6. The number of aliphatic carboxylic acids is 2. The van der Waals surface area contributed by atoms with Gasteiger partial charge in [-0.2, -0.15) is 0 Å². The standard InChI is InChI=1S/C18H19NO6S/c1-18(2)13(17(24)25)19-14(21)10(15(19)26-18)8-11(20)12(16(22)23)9-6-4-3-5-7-9/h3-7,10,12-13,15H,8H2,1-2H3,(H,22,23)(H,24,25)/t10-,12?,13+,15-/m1/s1. The molecule has 2 aliphatic rings. The highest BCUT2D eigenvalue weighted by molar-refractivity contribution is 8.01. The van der Waals surface area contributed by atoms with Gasteiger partial charge in [0, 0.05) is 11.2 Å². The molecule has 1 unspecified atom stereocenters. The van der Waals surface area contributed by atoms with Crippen molar-refractivity contribution in [2.45, 2.75) is 42.3 Å². The van der Waals surface area contributed by atoms with Gasteiger partial charge in [0.2, 0.25) is 5.91 Å². The zero-order valence-corrected chi connectivity index (χ0v) is 15.1. The maximum atomic E-state index is 12.6. The van der Waals surface area contributed by atoms with Crippen molar-refractivity contribution >= 4 is 35.4 Å². The van der Waals surface area contributed by atoms with Gasteiger partial charge in [-0.1, -0.05) is 30.3 Å². The van der Waals surface area contributed by atoms with Gasteiger partial charge >= 0.3 is 11.9 Å². The van der Waals surface area contributed by atoms with Crippen LogP contribution in [0.3, 0.4) is 0 Å². The molecule has 0 saturated carbocycles. The van der Waals surface area contributed by atoms with Gasteiger partial charge in [0.25, 0.3) is 0 Å². The van der Waals surface area contributed by atoms with E-state index in [1.54, 1.807) is 44.2 Å². The van der Waals surface area contributed by atoms with Crippen LogP contribution in [-0.2, 0) is 19.2 Å². The monoisotopic (exact) mass is 377 g/mol. The highest BCUT2D eigenvalue weighted by Gasteiger charge is 2.63. The van der Waals surface area contributed by atoms with Gasteiger partial charge in [0.05, 0.1) is 11.3 Å². The summed E-state index contributed by atoms with van der Waals surface area (Å²) in [4.78, 5) is 49.5. The number of benzene rings is 1. The van der Waals surface area contributed by atoms with Gasteiger partial charge < -0.3 is 15.1 Å². The topological polar surface area (TPSA) is 112 Å². The summed E-state index contributed by atoms with van der Waals surface area (Å²) in [5, 5.41) is 18.5. The summed E-state index contributed by atoms with van der Waals surface area (Å²) in [6, 6.07) is 7.23. The molecular formula is C18H19NO6S. The van der Waals surface area contributed by atoms with Gasteiger partial charge in [0.15, 0.2) is 5.78 Å². The lowest BCUT2D eigenvalue weighted by molar-refractivity contribution is -0.164. The van der Waals surface area contributed by atoms with Crippen molar-refractivity contribution in [1.82, 2.24) is 4.90 Å². The van der Waals surface area contributed by atoms with E-state index in [0.717, 1.165) is 0 Å². The molecule has 2 aliphatic heterocycles. The van der Waals surface area contributed by atoms with Crippen molar-refractivity contribution in [1.29, 1.82) is 0 Å². The van der Waals surface area contributed by atoms with Crippen LogP contribution in [0.25, 0.3) is 0 Å². The number of amides is 1. The Balaban J connectivity index is 1.78. The summed E-state index contributed by atoms with van der Waals surface area (Å²) in [6.07, 6.45) is -0.207. The number of β-lactam (4-membered cyclic amide) rings is 1. The van der Waals surface area contributed by atoms with Crippen molar-refractivity contribution < 1.29 is 29.4 Å². The molecule has 2 N–H and O–H groups in total. The van der Waals surface area contributed by atoms with Gasteiger partial charge in [-0.3, -0.25) is 14.4 Å². The van der Waals surface area contributed by atoms with Crippen LogP contribution in [-0.4, -0.2) is 54.9 Å². The quantitative estimate of drug-likeness (QED) is 0.572. The first-order valence-corrected chi connectivity index (χ1v) is 9.06. The maximum Gasteiger partial charge on any atom is 0.327 e. The molecule has 2 heterocycles. The van der Waals surface area contributed by atoms with Crippen LogP contribution in [0.4, 0.5) is 0 Å². The summed E-state index contributed by atoms with van der Waals surface area (Å²) in [6.45, 7) is 3.51. The molecule has 1 amide bonds. The molecular weight excluding hydrogens is 358 g/mol. The fourth-order valence-electron chi connectivity index (χ4n) is 3.73. The second-order valence-corrected chi connectivity index (χ2v) is 8.83. The molecule has 7 nitrogen and oxygen atoms in total. The van der Waals surface area contributed by atoms with E-state index in [-0.39, 0.29) is 6.42 Å².